The van der Waals surface area contributed by atoms with Crippen LogP contribution in [0, 0.1) is 13.8 Å². The minimum Gasteiger partial charge on any atom is -0.331 e. The number of H-pyrrole nitrogens is 1. The van der Waals surface area contributed by atoms with E-state index in [9.17, 15) is 4.79 Å². The van der Waals surface area contributed by atoms with Crippen molar-refractivity contribution in [1.29, 1.82) is 0 Å². The SMILES string of the molecule is Cc1n[nH]c(C)c1C(=O)N1CCCC1c1ccncc1. The minimum atomic E-state index is 0.0769. The Morgan fingerprint density at radius 2 is 2.10 bits per heavy atom. The van der Waals surface area contributed by atoms with E-state index in [1.54, 1.807) is 12.4 Å². The number of amides is 1. The summed E-state index contributed by atoms with van der Waals surface area (Å²) < 4.78 is 0. The molecule has 1 aliphatic rings. The lowest BCUT2D eigenvalue weighted by Gasteiger charge is -2.25. The van der Waals surface area contributed by atoms with Gasteiger partial charge >= 0.3 is 0 Å². The Labute approximate surface area is 118 Å². The molecule has 0 spiro atoms. The highest BCUT2D eigenvalue weighted by Gasteiger charge is 2.32. The number of aromatic nitrogens is 3. The van der Waals surface area contributed by atoms with E-state index in [-0.39, 0.29) is 11.9 Å². The van der Waals surface area contributed by atoms with Crippen molar-refractivity contribution in [3.05, 3.63) is 47.0 Å². The number of carbonyl (C=O) groups is 1. The van der Waals surface area contributed by atoms with E-state index in [4.69, 9.17) is 0 Å². The third kappa shape index (κ3) is 2.09. The van der Waals surface area contributed by atoms with Crippen LogP contribution in [-0.2, 0) is 0 Å². The maximum absolute atomic E-state index is 12.8. The fourth-order valence-electron chi connectivity index (χ4n) is 2.95. The maximum atomic E-state index is 12.8. The van der Waals surface area contributed by atoms with Crippen molar-refractivity contribution in [2.75, 3.05) is 6.54 Å². The van der Waals surface area contributed by atoms with Crippen LogP contribution in [0.2, 0.25) is 0 Å². The van der Waals surface area contributed by atoms with Gasteiger partial charge in [0.05, 0.1) is 17.3 Å². The van der Waals surface area contributed by atoms with Gasteiger partial charge in [0.25, 0.3) is 5.91 Å². The molecule has 2 aromatic heterocycles. The van der Waals surface area contributed by atoms with Crippen molar-refractivity contribution < 1.29 is 4.79 Å². The molecule has 0 bridgehead atoms. The molecule has 1 N–H and O–H groups in total. The van der Waals surface area contributed by atoms with Crippen LogP contribution in [0.1, 0.15) is 46.2 Å². The van der Waals surface area contributed by atoms with Gasteiger partial charge < -0.3 is 4.90 Å². The molecule has 0 radical (unpaired) electrons. The summed E-state index contributed by atoms with van der Waals surface area (Å²) in [6.07, 6.45) is 5.61. The zero-order chi connectivity index (χ0) is 14.1. The number of aryl methyl sites for hydroxylation is 2. The van der Waals surface area contributed by atoms with Gasteiger partial charge in [0, 0.05) is 24.6 Å². The van der Waals surface area contributed by atoms with Gasteiger partial charge in [-0.15, -0.1) is 0 Å². The molecule has 104 valence electrons. The second-order valence-electron chi connectivity index (χ2n) is 5.25. The Bertz CT molecular complexity index is 601. The van der Waals surface area contributed by atoms with Crippen molar-refractivity contribution in [2.24, 2.45) is 0 Å². The predicted octanol–water partition coefficient (Wildman–Crippen LogP) is 2.40. The third-order valence-corrected chi connectivity index (χ3v) is 3.95. The summed E-state index contributed by atoms with van der Waals surface area (Å²) >= 11 is 0. The number of pyridine rings is 1. The topological polar surface area (TPSA) is 61.9 Å². The maximum Gasteiger partial charge on any atom is 0.258 e. The molecule has 3 heterocycles. The predicted molar refractivity (Wildman–Crippen MR) is 75.3 cm³/mol. The molecule has 20 heavy (non-hydrogen) atoms. The highest BCUT2D eigenvalue weighted by atomic mass is 16.2. The molecule has 0 saturated carbocycles. The molecular formula is C15H18N4O. The number of rotatable bonds is 2. The first-order chi connectivity index (χ1) is 9.68. The zero-order valence-electron chi connectivity index (χ0n) is 11.8. The number of carbonyl (C=O) groups excluding carboxylic acids is 1. The van der Waals surface area contributed by atoms with Gasteiger partial charge in [-0.05, 0) is 44.4 Å². The van der Waals surface area contributed by atoms with Gasteiger partial charge in [0.1, 0.15) is 0 Å². The van der Waals surface area contributed by atoms with Crippen LogP contribution < -0.4 is 0 Å². The number of likely N-dealkylation sites (tertiary alicyclic amines) is 1. The van der Waals surface area contributed by atoms with Crippen LogP contribution in [0.25, 0.3) is 0 Å². The van der Waals surface area contributed by atoms with E-state index in [2.05, 4.69) is 15.2 Å². The van der Waals surface area contributed by atoms with Gasteiger partial charge in [0.15, 0.2) is 0 Å². The Kier molecular flexibility index (Phi) is 3.26. The molecule has 0 aliphatic carbocycles. The molecule has 1 aliphatic heterocycles. The molecule has 1 fully saturated rings. The Morgan fingerprint density at radius 1 is 1.35 bits per heavy atom. The average molecular weight is 270 g/mol. The summed E-state index contributed by atoms with van der Waals surface area (Å²) in [5.41, 5.74) is 3.48. The summed E-state index contributed by atoms with van der Waals surface area (Å²) in [6, 6.07) is 4.13. The second kappa shape index (κ2) is 5.07. The quantitative estimate of drug-likeness (QED) is 0.911. The average Bonchev–Trinajstić information content (AvgIpc) is 3.07. The number of nitrogens with zero attached hydrogens (tertiary/aromatic N) is 3. The van der Waals surface area contributed by atoms with Crippen molar-refractivity contribution in [3.8, 4) is 0 Å². The first-order valence-corrected chi connectivity index (χ1v) is 6.91. The summed E-state index contributed by atoms with van der Waals surface area (Å²) in [4.78, 5) is 18.8. The minimum absolute atomic E-state index is 0.0769. The van der Waals surface area contributed by atoms with Crippen LogP contribution in [-0.4, -0.2) is 32.5 Å². The molecule has 2 aromatic rings. The van der Waals surface area contributed by atoms with Gasteiger partial charge in [-0.2, -0.15) is 5.10 Å². The zero-order valence-corrected chi connectivity index (χ0v) is 11.8. The summed E-state index contributed by atoms with van der Waals surface area (Å²) in [5, 5.41) is 7.01. The van der Waals surface area contributed by atoms with Crippen LogP contribution in [0.3, 0.4) is 0 Å². The standard InChI is InChI=1S/C15H18N4O/c1-10-14(11(2)18-17-10)15(20)19-9-3-4-13(19)12-5-7-16-8-6-12/h5-8,13H,3-4,9H2,1-2H3,(H,17,18). The monoisotopic (exact) mass is 270 g/mol. The lowest BCUT2D eigenvalue weighted by atomic mass is 10.1. The molecular weight excluding hydrogens is 252 g/mol. The van der Waals surface area contributed by atoms with Crippen molar-refractivity contribution >= 4 is 5.91 Å². The number of aromatic amines is 1. The number of hydrogen-bond acceptors (Lipinski definition) is 3. The van der Waals surface area contributed by atoms with E-state index in [1.807, 2.05) is 30.9 Å². The number of nitrogens with one attached hydrogen (secondary N) is 1. The molecule has 1 amide bonds. The van der Waals surface area contributed by atoms with E-state index in [0.29, 0.717) is 5.56 Å². The fraction of sp³-hybridized carbons (Fsp3) is 0.400. The molecule has 5 nitrogen and oxygen atoms in total. The van der Waals surface area contributed by atoms with Crippen molar-refractivity contribution in [3.63, 3.8) is 0 Å². The summed E-state index contributed by atoms with van der Waals surface area (Å²) in [7, 11) is 0. The fourth-order valence-corrected chi connectivity index (χ4v) is 2.95. The molecule has 3 rings (SSSR count). The largest absolute Gasteiger partial charge is 0.331 e. The molecule has 0 aromatic carbocycles. The van der Waals surface area contributed by atoms with E-state index >= 15 is 0 Å². The lowest BCUT2D eigenvalue weighted by Crippen LogP contribution is -2.31. The van der Waals surface area contributed by atoms with Crippen LogP contribution in [0.4, 0.5) is 0 Å². The van der Waals surface area contributed by atoms with Gasteiger partial charge in [-0.25, -0.2) is 0 Å². The Hall–Kier alpha value is -2.17. The van der Waals surface area contributed by atoms with E-state index < -0.39 is 0 Å². The molecule has 1 atom stereocenters. The van der Waals surface area contributed by atoms with Crippen molar-refractivity contribution in [2.45, 2.75) is 32.7 Å². The first kappa shape index (κ1) is 12.8. The third-order valence-electron chi connectivity index (χ3n) is 3.95. The van der Waals surface area contributed by atoms with Gasteiger partial charge in [0.2, 0.25) is 0 Å². The van der Waals surface area contributed by atoms with Crippen molar-refractivity contribution in [1.82, 2.24) is 20.1 Å². The lowest BCUT2D eigenvalue weighted by molar-refractivity contribution is 0.0734. The summed E-state index contributed by atoms with van der Waals surface area (Å²) in [6.45, 7) is 4.56. The highest BCUT2D eigenvalue weighted by Crippen LogP contribution is 2.33. The van der Waals surface area contributed by atoms with Gasteiger partial charge in [-0.1, -0.05) is 0 Å². The Morgan fingerprint density at radius 3 is 2.75 bits per heavy atom. The normalized spacial score (nSPS) is 18.5. The molecule has 5 heteroatoms. The summed E-state index contributed by atoms with van der Waals surface area (Å²) in [5.74, 6) is 0.0769. The van der Waals surface area contributed by atoms with Gasteiger partial charge in [-0.3, -0.25) is 14.9 Å². The second-order valence-corrected chi connectivity index (χ2v) is 5.25. The first-order valence-electron chi connectivity index (χ1n) is 6.91. The number of hydrogen-bond donors (Lipinski definition) is 1. The van der Waals surface area contributed by atoms with Crippen LogP contribution in [0.5, 0.6) is 0 Å². The Balaban J connectivity index is 1.91. The molecule has 1 unspecified atom stereocenters. The smallest absolute Gasteiger partial charge is 0.258 e. The van der Waals surface area contributed by atoms with E-state index in [1.165, 1.54) is 0 Å². The highest BCUT2D eigenvalue weighted by molar-refractivity contribution is 5.96. The van der Waals surface area contributed by atoms with E-state index in [0.717, 1.165) is 36.3 Å². The molecule has 1 saturated heterocycles. The van der Waals surface area contributed by atoms with Crippen LogP contribution >= 0.6 is 0 Å². The van der Waals surface area contributed by atoms with Crippen LogP contribution in [0.15, 0.2) is 24.5 Å².